The van der Waals surface area contributed by atoms with E-state index in [9.17, 15) is 4.79 Å². The lowest BCUT2D eigenvalue weighted by atomic mass is 9.63. The summed E-state index contributed by atoms with van der Waals surface area (Å²) in [5, 5.41) is 0. The first kappa shape index (κ1) is 19.6. The minimum atomic E-state index is 0.395. The predicted molar refractivity (Wildman–Crippen MR) is 111 cm³/mol. The Morgan fingerprint density at radius 2 is 1.85 bits per heavy atom. The highest BCUT2D eigenvalue weighted by Gasteiger charge is 2.48. The van der Waals surface area contributed by atoms with Crippen molar-refractivity contribution < 1.29 is 4.79 Å². The summed E-state index contributed by atoms with van der Waals surface area (Å²) >= 11 is 0. The average Bonchev–Trinajstić information content (AvgIpc) is 2.95. The third-order valence-electron chi connectivity index (χ3n) is 7.31. The first-order valence-electron chi connectivity index (χ1n) is 11.1. The Morgan fingerprint density at radius 3 is 2.62 bits per heavy atom. The Bertz CT molecular complexity index is 591. The van der Waals surface area contributed by atoms with Crippen LogP contribution in [0.25, 0.3) is 0 Å². The molecule has 3 aliphatic rings. The second-order valence-electron chi connectivity index (χ2n) is 9.59. The zero-order chi connectivity index (χ0) is 18.6. The van der Waals surface area contributed by atoms with Crippen molar-refractivity contribution >= 4 is 5.78 Å². The SMILES string of the molecule is CC(C)C/C=C/CC1CCC2/C(=C/C=C3/CCCCC3=O)CCCC12C. The molecule has 0 N–H and O–H groups in total. The van der Waals surface area contributed by atoms with Crippen LogP contribution in [-0.2, 0) is 4.79 Å². The molecule has 3 rings (SSSR count). The summed E-state index contributed by atoms with van der Waals surface area (Å²) in [4.78, 5) is 12.1. The van der Waals surface area contributed by atoms with Crippen LogP contribution in [0.3, 0.4) is 0 Å². The standard InChI is InChI=1S/C25H38O/c1-19(2)9-4-6-12-22-16-17-23-20(11-8-18-25(22,23)3)14-15-21-10-5-7-13-24(21)26/h4,6,14-15,19,22-23H,5,7-13,16-18H2,1-3H3/b6-4+,20-14+,21-15-. The molecule has 3 saturated carbocycles. The van der Waals surface area contributed by atoms with Gasteiger partial charge in [-0.05, 0) is 93.0 Å². The molecule has 0 aromatic heterocycles. The number of hydrogen-bond donors (Lipinski definition) is 0. The lowest BCUT2D eigenvalue weighted by Crippen LogP contribution is -2.33. The minimum absolute atomic E-state index is 0.395. The first-order valence-corrected chi connectivity index (χ1v) is 11.1. The average molecular weight is 355 g/mol. The third kappa shape index (κ3) is 4.41. The topological polar surface area (TPSA) is 17.1 Å². The number of fused-ring (bicyclic) bond motifs is 1. The van der Waals surface area contributed by atoms with E-state index < -0.39 is 0 Å². The molecule has 0 aromatic carbocycles. The Morgan fingerprint density at radius 1 is 1.04 bits per heavy atom. The van der Waals surface area contributed by atoms with Crippen LogP contribution < -0.4 is 0 Å². The molecule has 0 radical (unpaired) electrons. The van der Waals surface area contributed by atoms with Gasteiger partial charge in [0, 0.05) is 6.42 Å². The van der Waals surface area contributed by atoms with Crippen LogP contribution in [0.2, 0.25) is 0 Å². The molecule has 1 heteroatoms. The summed E-state index contributed by atoms with van der Waals surface area (Å²) in [5.74, 6) is 2.74. The number of carbonyl (C=O) groups is 1. The normalized spacial score (nSPS) is 35.8. The van der Waals surface area contributed by atoms with Crippen LogP contribution >= 0.6 is 0 Å². The van der Waals surface area contributed by atoms with E-state index in [1.807, 2.05) is 0 Å². The van der Waals surface area contributed by atoms with Crippen LogP contribution in [0.5, 0.6) is 0 Å². The van der Waals surface area contributed by atoms with E-state index in [1.54, 1.807) is 5.57 Å². The molecule has 0 aliphatic heterocycles. The maximum absolute atomic E-state index is 12.1. The molecule has 3 unspecified atom stereocenters. The highest BCUT2D eigenvalue weighted by Crippen LogP contribution is 2.58. The predicted octanol–water partition coefficient (Wildman–Crippen LogP) is 7.19. The van der Waals surface area contributed by atoms with Crippen molar-refractivity contribution in [2.45, 2.75) is 91.4 Å². The van der Waals surface area contributed by atoms with Gasteiger partial charge in [-0.2, -0.15) is 0 Å². The van der Waals surface area contributed by atoms with Crippen molar-refractivity contribution in [3.8, 4) is 0 Å². The van der Waals surface area contributed by atoms with Crippen molar-refractivity contribution in [1.82, 2.24) is 0 Å². The second kappa shape index (κ2) is 8.72. The fourth-order valence-electron chi connectivity index (χ4n) is 5.65. The van der Waals surface area contributed by atoms with Gasteiger partial charge >= 0.3 is 0 Å². The van der Waals surface area contributed by atoms with Gasteiger partial charge in [0.05, 0.1) is 0 Å². The number of ketones is 1. The molecule has 3 fully saturated rings. The van der Waals surface area contributed by atoms with E-state index >= 15 is 0 Å². The Balaban J connectivity index is 1.68. The highest BCUT2D eigenvalue weighted by atomic mass is 16.1. The molecule has 1 nitrogen and oxygen atoms in total. The van der Waals surface area contributed by atoms with Gasteiger partial charge in [-0.3, -0.25) is 4.79 Å². The highest BCUT2D eigenvalue weighted by molar-refractivity contribution is 5.96. The van der Waals surface area contributed by atoms with Gasteiger partial charge in [-0.15, -0.1) is 0 Å². The maximum Gasteiger partial charge on any atom is 0.158 e. The number of carbonyl (C=O) groups excluding carboxylic acids is 1. The van der Waals surface area contributed by atoms with Gasteiger partial charge in [-0.25, -0.2) is 0 Å². The first-order chi connectivity index (χ1) is 12.5. The summed E-state index contributed by atoms with van der Waals surface area (Å²) in [6, 6.07) is 0. The molecule has 0 aromatic rings. The Labute approximate surface area is 161 Å². The van der Waals surface area contributed by atoms with Crippen molar-refractivity contribution in [2.24, 2.45) is 23.2 Å². The summed E-state index contributed by atoms with van der Waals surface area (Å²) in [7, 11) is 0. The zero-order valence-electron chi connectivity index (χ0n) is 17.2. The number of Topliss-reactive ketones (excluding diaryl/α,β-unsaturated/α-hetero) is 1. The van der Waals surface area contributed by atoms with Gasteiger partial charge in [0.25, 0.3) is 0 Å². The molecule has 0 amide bonds. The quantitative estimate of drug-likeness (QED) is 0.377. The van der Waals surface area contributed by atoms with Gasteiger partial charge in [0.1, 0.15) is 0 Å². The van der Waals surface area contributed by atoms with Gasteiger partial charge in [0.2, 0.25) is 0 Å². The number of hydrogen-bond acceptors (Lipinski definition) is 1. The maximum atomic E-state index is 12.1. The molecule has 0 spiro atoms. The van der Waals surface area contributed by atoms with E-state index in [0.29, 0.717) is 11.2 Å². The third-order valence-corrected chi connectivity index (χ3v) is 7.31. The van der Waals surface area contributed by atoms with Crippen molar-refractivity contribution in [3.05, 3.63) is 35.5 Å². The van der Waals surface area contributed by atoms with E-state index in [0.717, 1.165) is 42.6 Å². The summed E-state index contributed by atoms with van der Waals surface area (Å²) < 4.78 is 0. The molecule has 3 atom stereocenters. The van der Waals surface area contributed by atoms with E-state index in [-0.39, 0.29) is 0 Å². The molecule has 0 heterocycles. The van der Waals surface area contributed by atoms with Gasteiger partial charge in [-0.1, -0.05) is 50.6 Å². The second-order valence-corrected chi connectivity index (χ2v) is 9.59. The van der Waals surface area contributed by atoms with Gasteiger partial charge in [0.15, 0.2) is 5.78 Å². The van der Waals surface area contributed by atoms with Crippen molar-refractivity contribution in [1.29, 1.82) is 0 Å². The fourth-order valence-corrected chi connectivity index (χ4v) is 5.65. The van der Waals surface area contributed by atoms with Crippen molar-refractivity contribution in [3.63, 3.8) is 0 Å². The van der Waals surface area contributed by atoms with Crippen LogP contribution in [0.15, 0.2) is 35.5 Å². The van der Waals surface area contributed by atoms with Crippen LogP contribution in [0.4, 0.5) is 0 Å². The van der Waals surface area contributed by atoms with Crippen LogP contribution in [-0.4, -0.2) is 5.78 Å². The molecule has 144 valence electrons. The van der Waals surface area contributed by atoms with Crippen LogP contribution in [0, 0.1) is 23.2 Å². The zero-order valence-corrected chi connectivity index (χ0v) is 17.2. The van der Waals surface area contributed by atoms with Crippen molar-refractivity contribution in [2.75, 3.05) is 0 Å². The van der Waals surface area contributed by atoms with E-state index in [1.165, 1.54) is 51.4 Å². The summed E-state index contributed by atoms with van der Waals surface area (Å²) in [6.07, 6.45) is 22.6. The minimum Gasteiger partial charge on any atom is -0.295 e. The molecule has 3 aliphatic carbocycles. The fraction of sp³-hybridized carbons (Fsp3) is 0.720. The lowest BCUT2D eigenvalue weighted by molar-refractivity contribution is -0.116. The molecule has 0 saturated heterocycles. The lowest BCUT2D eigenvalue weighted by Gasteiger charge is -2.42. The van der Waals surface area contributed by atoms with E-state index in [2.05, 4.69) is 45.1 Å². The Hall–Kier alpha value is -1.11. The molecule has 26 heavy (non-hydrogen) atoms. The smallest absolute Gasteiger partial charge is 0.158 e. The molecular formula is C25H38O. The number of rotatable bonds is 5. The monoisotopic (exact) mass is 354 g/mol. The van der Waals surface area contributed by atoms with Crippen LogP contribution in [0.1, 0.15) is 91.4 Å². The molecule has 0 bridgehead atoms. The Kier molecular flexibility index (Phi) is 6.59. The largest absolute Gasteiger partial charge is 0.295 e. The number of allylic oxidation sites excluding steroid dienone is 6. The summed E-state index contributed by atoms with van der Waals surface area (Å²) in [6.45, 7) is 7.14. The van der Waals surface area contributed by atoms with Gasteiger partial charge < -0.3 is 0 Å². The molecular weight excluding hydrogens is 316 g/mol. The summed E-state index contributed by atoms with van der Waals surface area (Å²) in [5.41, 5.74) is 3.20. The van der Waals surface area contributed by atoms with E-state index in [4.69, 9.17) is 0 Å².